The van der Waals surface area contributed by atoms with Gasteiger partial charge in [0, 0.05) is 43.5 Å². The molecular weight excluding hydrogens is 447 g/mol. The van der Waals surface area contributed by atoms with E-state index < -0.39 is 21.7 Å². The van der Waals surface area contributed by atoms with E-state index in [0.717, 1.165) is 67.8 Å². The van der Waals surface area contributed by atoms with Gasteiger partial charge in [-0.05, 0) is 62.8 Å². The number of rotatable bonds is 3. The van der Waals surface area contributed by atoms with Gasteiger partial charge in [-0.15, -0.1) is 11.3 Å². The molecule has 0 bridgehead atoms. The summed E-state index contributed by atoms with van der Waals surface area (Å²) >= 11 is 1.08. The summed E-state index contributed by atoms with van der Waals surface area (Å²) in [5.41, 5.74) is 0.361. The van der Waals surface area contributed by atoms with Gasteiger partial charge < -0.3 is 9.80 Å². The lowest BCUT2D eigenvalue weighted by Crippen LogP contribution is -2.29. The first-order chi connectivity index (χ1) is 14.6. The molecule has 2 aliphatic rings. The van der Waals surface area contributed by atoms with Crippen molar-refractivity contribution < 1.29 is 21.6 Å². The van der Waals surface area contributed by atoms with Gasteiger partial charge in [-0.2, -0.15) is 13.2 Å². The van der Waals surface area contributed by atoms with E-state index in [1.54, 1.807) is 12.1 Å². The lowest BCUT2D eigenvalue weighted by Gasteiger charge is -2.28. The third kappa shape index (κ3) is 6.83. The second kappa shape index (κ2) is 10.2. The maximum Gasteiger partial charge on any atom is 0.434 e. The maximum absolute atomic E-state index is 12.3. The van der Waals surface area contributed by atoms with Crippen molar-refractivity contribution >= 4 is 32.0 Å². The van der Waals surface area contributed by atoms with Crippen LogP contribution >= 0.6 is 11.3 Å². The Balaban J connectivity index is 0.000000176. The molecule has 2 aliphatic heterocycles. The highest BCUT2D eigenvalue weighted by atomic mass is 32.2. The van der Waals surface area contributed by atoms with Crippen LogP contribution in [0.4, 0.5) is 24.0 Å². The number of hydrogen-bond donors (Lipinski definition) is 0. The van der Waals surface area contributed by atoms with Gasteiger partial charge in [-0.1, -0.05) is 0 Å². The Morgan fingerprint density at radius 1 is 0.871 bits per heavy atom. The number of halogens is 3. The molecule has 172 valence electrons. The minimum absolute atomic E-state index is 0.397. The molecule has 1 aromatic heterocycles. The molecule has 4 rings (SSSR count). The van der Waals surface area contributed by atoms with Crippen molar-refractivity contribution in [1.82, 2.24) is 4.98 Å². The number of benzene rings is 1. The molecule has 2 fully saturated rings. The van der Waals surface area contributed by atoms with Crippen LogP contribution in [0.3, 0.4) is 0 Å². The number of hydrogen-bond acceptors (Lipinski definition) is 6. The average Bonchev–Trinajstić information content (AvgIpc) is 3.26. The van der Waals surface area contributed by atoms with Crippen molar-refractivity contribution in [2.24, 2.45) is 0 Å². The Hall–Kier alpha value is -1.81. The largest absolute Gasteiger partial charge is 0.434 e. The fraction of sp³-hybridized carbons (Fsp3) is 0.571. The molecule has 0 aliphatic carbocycles. The Morgan fingerprint density at radius 2 is 1.39 bits per heavy atom. The number of nitrogens with zero attached hydrogens (tertiary/aromatic N) is 3. The fourth-order valence-corrected chi connectivity index (χ4v) is 5.20. The highest BCUT2D eigenvalue weighted by Crippen LogP contribution is 2.33. The van der Waals surface area contributed by atoms with Crippen LogP contribution in [0.1, 0.15) is 44.2 Å². The molecule has 0 radical (unpaired) electrons. The third-order valence-corrected chi connectivity index (χ3v) is 7.43. The van der Waals surface area contributed by atoms with Crippen LogP contribution in [0.15, 0.2) is 34.5 Å². The molecule has 0 N–H and O–H groups in total. The number of thiazole rings is 1. The van der Waals surface area contributed by atoms with Crippen molar-refractivity contribution in [2.75, 3.05) is 42.2 Å². The quantitative estimate of drug-likeness (QED) is 0.608. The minimum atomic E-state index is -4.31. The van der Waals surface area contributed by atoms with Crippen LogP contribution in [0, 0.1) is 0 Å². The number of anilines is 2. The molecule has 2 aromatic rings. The van der Waals surface area contributed by atoms with Crippen LogP contribution < -0.4 is 9.80 Å². The molecule has 5 nitrogen and oxygen atoms in total. The molecule has 0 amide bonds. The summed E-state index contributed by atoms with van der Waals surface area (Å²) in [6, 6.07) is 7.20. The highest BCUT2D eigenvalue weighted by Gasteiger charge is 2.34. The second-order valence-corrected chi connectivity index (χ2v) is 10.7. The summed E-state index contributed by atoms with van der Waals surface area (Å²) in [7, 11) is -3.07. The molecule has 3 heterocycles. The van der Waals surface area contributed by atoms with Crippen LogP contribution in [-0.4, -0.2) is 45.8 Å². The Kier molecular flexibility index (Phi) is 7.85. The smallest absolute Gasteiger partial charge is 0.372 e. The van der Waals surface area contributed by atoms with Gasteiger partial charge in [-0.3, -0.25) is 0 Å². The molecule has 31 heavy (non-hydrogen) atoms. The van der Waals surface area contributed by atoms with E-state index in [-0.39, 0.29) is 0 Å². The van der Waals surface area contributed by atoms with Crippen molar-refractivity contribution in [3.8, 4) is 0 Å². The molecule has 0 unspecified atom stereocenters. The molecule has 0 atom stereocenters. The zero-order chi connectivity index (χ0) is 22.5. The molecule has 1 aromatic carbocycles. The summed E-state index contributed by atoms with van der Waals surface area (Å²) in [5.74, 6) is 0. The van der Waals surface area contributed by atoms with Crippen molar-refractivity contribution in [3.05, 3.63) is 35.3 Å². The average molecular weight is 476 g/mol. The van der Waals surface area contributed by atoms with E-state index >= 15 is 0 Å². The Morgan fingerprint density at radius 3 is 1.84 bits per heavy atom. The molecule has 10 heteroatoms. The van der Waals surface area contributed by atoms with Gasteiger partial charge in [0.25, 0.3) is 0 Å². The highest BCUT2D eigenvalue weighted by molar-refractivity contribution is 7.90. The number of aromatic nitrogens is 1. The van der Waals surface area contributed by atoms with Gasteiger partial charge in [0.05, 0.1) is 4.90 Å². The van der Waals surface area contributed by atoms with Gasteiger partial charge in [-0.25, -0.2) is 13.4 Å². The van der Waals surface area contributed by atoms with Gasteiger partial charge in [0.1, 0.15) is 0 Å². The lowest BCUT2D eigenvalue weighted by molar-refractivity contribution is -0.140. The Bertz CT molecular complexity index is 932. The van der Waals surface area contributed by atoms with Gasteiger partial charge >= 0.3 is 6.18 Å². The summed E-state index contributed by atoms with van der Waals surface area (Å²) in [6.45, 7) is 3.81. The van der Waals surface area contributed by atoms with Crippen molar-refractivity contribution in [2.45, 2.75) is 49.6 Å². The van der Waals surface area contributed by atoms with E-state index in [1.165, 1.54) is 25.5 Å². The number of piperidine rings is 2. The topological polar surface area (TPSA) is 53.5 Å². The molecular formula is C21H28F3N3O2S2. The van der Waals surface area contributed by atoms with Crippen molar-refractivity contribution in [3.63, 3.8) is 0 Å². The first-order valence-corrected chi connectivity index (χ1v) is 13.2. The normalized spacial score (nSPS) is 17.8. The molecule has 0 spiro atoms. The lowest BCUT2D eigenvalue weighted by atomic mass is 10.1. The van der Waals surface area contributed by atoms with Gasteiger partial charge in [0.15, 0.2) is 20.7 Å². The van der Waals surface area contributed by atoms with Crippen molar-refractivity contribution in [1.29, 1.82) is 0 Å². The first-order valence-electron chi connectivity index (χ1n) is 10.5. The van der Waals surface area contributed by atoms with Crippen LogP contribution in [0.25, 0.3) is 0 Å². The zero-order valence-corrected chi connectivity index (χ0v) is 19.2. The monoisotopic (exact) mass is 475 g/mol. The molecule has 0 saturated carbocycles. The first kappa shape index (κ1) is 23.8. The SMILES string of the molecule is CS(=O)(=O)c1ccc(N2CCCCC2)cc1.FC(F)(F)c1csc(N2CCCCC2)n1. The second-order valence-electron chi connectivity index (χ2n) is 7.87. The van der Waals surface area contributed by atoms with E-state index in [1.807, 2.05) is 17.0 Å². The summed E-state index contributed by atoms with van der Waals surface area (Å²) < 4.78 is 59.5. The van der Waals surface area contributed by atoms with E-state index in [9.17, 15) is 21.6 Å². The predicted molar refractivity (Wildman–Crippen MR) is 119 cm³/mol. The standard InChI is InChI=1S/C12H17NO2S.C9H11F3N2S/c1-16(14,15)12-7-5-11(6-8-12)13-9-3-2-4-10-13;10-9(11,12)7-6-15-8(13-7)14-4-2-1-3-5-14/h5-8H,2-4,9-10H2,1H3;6H,1-5H2. The van der Waals surface area contributed by atoms with E-state index in [0.29, 0.717) is 10.0 Å². The van der Waals surface area contributed by atoms with E-state index in [2.05, 4.69) is 9.88 Å². The maximum atomic E-state index is 12.3. The number of alkyl halides is 3. The predicted octanol–water partition coefficient (Wildman–Crippen LogP) is 5.23. The fourth-order valence-electron chi connectivity index (χ4n) is 3.68. The van der Waals surface area contributed by atoms with Crippen LogP contribution in [-0.2, 0) is 16.0 Å². The summed E-state index contributed by atoms with van der Waals surface area (Å²) in [5, 5.41) is 1.59. The van der Waals surface area contributed by atoms with E-state index in [4.69, 9.17) is 0 Å². The van der Waals surface area contributed by atoms with Crippen LogP contribution in [0.2, 0.25) is 0 Å². The minimum Gasteiger partial charge on any atom is -0.372 e. The van der Waals surface area contributed by atoms with Gasteiger partial charge in [0.2, 0.25) is 0 Å². The Labute approximate surface area is 185 Å². The van der Waals surface area contributed by atoms with Crippen LogP contribution in [0.5, 0.6) is 0 Å². The third-order valence-electron chi connectivity index (χ3n) is 5.40. The summed E-state index contributed by atoms with van der Waals surface area (Å²) in [6.07, 6.45) is 3.93. The number of sulfone groups is 1. The molecule has 2 saturated heterocycles. The zero-order valence-electron chi connectivity index (χ0n) is 17.6. The summed E-state index contributed by atoms with van der Waals surface area (Å²) in [4.78, 5) is 8.27.